The second kappa shape index (κ2) is 5.29. The van der Waals surface area contributed by atoms with E-state index < -0.39 is 12.1 Å². The Bertz CT molecular complexity index is 380. The summed E-state index contributed by atoms with van der Waals surface area (Å²) in [4.78, 5) is 10.8. The zero-order valence-corrected chi connectivity index (χ0v) is 9.54. The normalized spacial score (nSPS) is 25.0. The van der Waals surface area contributed by atoms with Gasteiger partial charge in [-0.25, -0.2) is 0 Å². The fourth-order valence-electron chi connectivity index (χ4n) is 2.10. The van der Waals surface area contributed by atoms with Crippen LogP contribution in [0, 0.1) is 5.92 Å². The molecule has 1 aliphatic rings. The van der Waals surface area contributed by atoms with Crippen LogP contribution in [-0.2, 0) is 4.79 Å². The maximum Gasteiger partial charge on any atom is 0.308 e. The number of carboxylic acids is 1. The third-order valence-corrected chi connectivity index (χ3v) is 3.35. The van der Waals surface area contributed by atoms with E-state index in [0.717, 1.165) is 18.4 Å². The van der Waals surface area contributed by atoms with Gasteiger partial charge in [0.1, 0.15) is 0 Å². The molecule has 0 aliphatic heterocycles. The molecule has 3 unspecified atom stereocenters. The molecule has 0 radical (unpaired) electrons. The molecule has 0 saturated heterocycles. The highest BCUT2D eigenvalue weighted by molar-refractivity contribution is 5.72. The van der Waals surface area contributed by atoms with Gasteiger partial charge in [0.25, 0.3) is 0 Å². The Balaban J connectivity index is 1.81. The van der Waals surface area contributed by atoms with Crippen molar-refractivity contribution in [1.82, 2.24) is 5.32 Å². The fraction of sp³-hybridized carbons (Fsp3) is 0.462. The van der Waals surface area contributed by atoms with Crippen LogP contribution in [0.4, 0.5) is 0 Å². The van der Waals surface area contributed by atoms with Gasteiger partial charge in [-0.3, -0.25) is 4.79 Å². The van der Waals surface area contributed by atoms with E-state index in [4.69, 9.17) is 5.11 Å². The van der Waals surface area contributed by atoms with E-state index in [1.54, 1.807) is 0 Å². The lowest BCUT2D eigenvalue weighted by Gasteiger charge is -2.34. The van der Waals surface area contributed by atoms with E-state index in [-0.39, 0.29) is 12.0 Å². The summed E-state index contributed by atoms with van der Waals surface area (Å²) in [5.41, 5.74) is 0.853. The molecule has 0 bridgehead atoms. The molecule has 1 aromatic carbocycles. The second-order valence-corrected chi connectivity index (χ2v) is 4.46. The number of hydrogen-bond donors (Lipinski definition) is 3. The number of rotatable bonds is 5. The summed E-state index contributed by atoms with van der Waals surface area (Å²) >= 11 is 0. The van der Waals surface area contributed by atoms with Gasteiger partial charge in [0, 0.05) is 12.6 Å². The van der Waals surface area contributed by atoms with Crippen molar-refractivity contribution in [3.63, 3.8) is 0 Å². The van der Waals surface area contributed by atoms with Gasteiger partial charge in [-0.15, -0.1) is 0 Å². The van der Waals surface area contributed by atoms with E-state index >= 15 is 0 Å². The maximum absolute atomic E-state index is 10.8. The monoisotopic (exact) mass is 235 g/mol. The van der Waals surface area contributed by atoms with Crippen LogP contribution in [0.25, 0.3) is 0 Å². The van der Waals surface area contributed by atoms with Crippen molar-refractivity contribution < 1.29 is 15.0 Å². The van der Waals surface area contributed by atoms with E-state index in [2.05, 4.69) is 5.32 Å². The van der Waals surface area contributed by atoms with E-state index in [1.165, 1.54) is 0 Å². The molecule has 92 valence electrons. The molecule has 0 aromatic heterocycles. The lowest BCUT2D eigenvalue weighted by molar-refractivity contribution is -0.146. The standard InChI is InChI=1S/C13H17NO3/c15-12(9-4-2-1-3-5-9)8-14-11-7-6-10(11)13(16)17/h1-5,10-12,14-15H,6-8H2,(H,16,17). The molecule has 2 rings (SSSR count). The predicted molar refractivity (Wildman–Crippen MR) is 63.6 cm³/mol. The number of carboxylic acid groups (broad SMARTS) is 1. The molecule has 0 spiro atoms. The summed E-state index contributed by atoms with van der Waals surface area (Å²) in [6.07, 6.45) is 1.03. The number of benzene rings is 1. The first-order chi connectivity index (χ1) is 8.18. The van der Waals surface area contributed by atoms with Gasteiger partial charge in [0.05, 0.1) is 12.0 Å². The first-order valence-corrected chi connectivity index (χ1v) is 5.87. The van der Waals surface area contributed by atoms with Gasteiger partial charge >= 0.3 is 5.97 Å². The van der Waals surface area contributed by atoms with Gasteiger partial charge in [0.2, 0.25) is 0 Å². The summed E-state index contributed by atoms with van der Waals surface area (Å²) < 4.78 is 0. The number of aliphatic carboxylic acids is 1. The molecular formula is C13H17NO3. The van der Waals surface area contributed by atoms with Crippen LogP contribution in [0.2, 0.25) is 0 Å². The first kappa shape index (κ1) is 12.1. The van der Waals surface area contributed by atoms with Crippen LogP contribution in [0.5, 0.6) is 0 Å². The molecule has 0 heterocycles. The summed E-state index contributed by atoms with van der Waals surface area (Å²) in [5, 5.41) is 21.9. The predicted octanol–water partition coefficient (Wildman–Crippen LogP) is 1.17. The topological polar surface area (TPSA) is 69.6 Å². The number of hydrogen-bond acceptors (Lipinski definition) is 3. The van der Waals surface area contributed by atoms with Crippen molar-refractivity contribution in [2.24, 2.45) is 5.92 Å². The average Bonchev–Trinajstić information content (AvgIpc) is 2.28. The quantitative estimate of drug-likeness (QED) is 0.716. The zero-order valence-electron chi connectivity index (χ0n) is 9.54. The minimum absolute atomic E-state index is 0.00543. The van der Waals surface area contributed by atoms with Crippen molar-refractivity contribution in [1.29, 1.82) is 0 Å². The van der Waals surface area contributed by atoms with Crippen molar-refractivity contribution in [3.05, 3.63) is 35.9 Å². The van der Waals surface area contributed by atoms with Crippen LogP contribution in [0.15, 0.2) is 30.3 Å². The Morgan fingerprint density at radius 2 is 2.06 bits per heavy atom. The van der Waals surface area contributed by atoms with Crippen LogP contribution < -0.4 is 5.32 Å². The molecule has 1 aromatic rings. The minimum Gasteiger partial charge on any atom is -0.481 e. The van der Waals surface area contributed by atoms with Gasteiger partial charge in [-0.05, 0) is 18.4 Å². The Hall–Kier alpha value is -1.39. The Morgan fingerprint density at radius 1 is 1.35 bits per heavy atom. The summed E-state index contributed by atoms with van der Waals surface area (Å²) in [7, 11) is 0. The van der Waals surface area contributed by atoms with E-state index in [0.29, 0.717) is 6.54 Å². The van der Waals surface area contributed by atoms with Crippen molar-refractivity contribution in [2.75, 3.05) is 6.54 Å². The number of aliphatic hydroxyl groups is 1. The highest BCUT2D eigenvalue weighted by Crippen LogP contribution is 2.27. The lowest BCUT2D eigenvalue weighted by atomic mass is 9.79. The molecule has 4 heteroatoms. The molecule has 1 aliphatic carbocycles. The van der Waals surface area contributed by atoms with Crippen molar-refractivity contribution in [3.8, 4) is 0 Å². The van der Waals surface area contributed by atoms with Crippen LogP contribution in [0.1, 0.15) is 24.5 Å². The number of aliphatic hydroxyl groups excluding tert-OH is 1. The fourth-order valence-corrected chi connectivity index (χ4v) is 2.10. The lowest BCUT2D eigenvalue weighted by Crippen LogP contribution is -2.48. The summed E-state index contributed by atoms with van der Waals surface area (Å²) in [6, 6.07) is 9.38. The average molecular weight is 235 g/mol. The largest absolute Gasteiger partial charge is 0.481 e. The maximum atomic E-state index is 10.8. The second-order valence-electron chi connectivity index (χ2n) is 4.46. The molecular weight excluding hydrogens is 218 g/mol. The third kappa shape index (κ3) is 2.84. The first-order valence-electron chi connectivity index (χ1n) is 5.87. The van der Waals surface area contributed by atoms with Crippen LogP contribution >= 0.6 is 0 Å². The highest BCUT2D eigenvalue weighted by Gasteiger charge is 2.36. The molecule has 4 nitrogen and oxygen atoms in total. The summed E-state index contributed by atoms with van der Waals surface area (Å²) in [5.74, 6) is -1.04. The molecule has 17 heavy (non-hydrogen) atoms. The van der Waals surface area contributed by atoms with Crippen LogP contribution in [0.3, 0.4) is 0 Å². The number of nitrogens with one attached hydrogen (secondary N) is 1. The SMILES string of the molecule is O=C(O)C1CCC1NCC(O)c1ccccc1. The Labute approximate surface area is 100 Å². The third-order valence-electron chi connectivity index (χ3n) is 3.35. The molecule has 1 fully saturated rings. The Kier molecular flexibility index (Phi) is 3.76. The highest BCUT2D eigenvalue weighted by atomic mass is 16.4. The zero-order chi connectivity index (χ0) is 12.3. The minimum atomic E-state index is -0.747. The van der Waals surface area contributed by atoms with Gasteiger partial charge in [-0.2, -0.15) is 0 Å². The summed E-state index contributed by atoms with van der Waals surface area (Å²) in [6.45, 7) is 0.401. The smallest absolute Gasteiger partial charge is 0.308 e. The molecule has 3 atom stereocenters. The molecule has 1 saturated carbocycles. The van der Waals surface area contributed by atoms with Crippen molar-refractivity contribution >= 4 is 5.97 Å². The molecule has 3 N–H and O–H groups in total. The van der Waals surface area contributed by atoms with E-state index in [1.807, 2.05) is 30.3 Å². The van der Waals surface area contributed by atoms with Gasteiger partial charge in [0.15, 0.2) is 0 Å². The van der Waals surface area contributed by atoms with Gasteiger partial charge in [-0.1, -0.05) is 30.3 Å². The van der Waals surface area contributed by atoms with E-state index in [9.17, 15) is 9.90 Å². The Morgan fingerprint density at radius 3 is 2.59 bits per heavy atom. The number of carbonyl (C=O) groups is 1. The van der Waals surface area contributed by atoms with Crippen LogP contribution in [-0.4, -0.2) is 28.8 Å². The van der Waals surface area contributed by atoms with Gasteiger partial charge < -0.3 is 15.5 Å². The van der Waals surface area contributed by atoms with Crippen molar-refractivity contribution in [2.45, 2.75) is 25.0 Å². The molecule has 0 amide bonds.